The average Bonchev–Trinajstić information content (AvgIpc) is 2.25. The summed E-state index contributed by atoms with van der Waals surface area (Å²) in [6.07, 6.45) is -4.44. The van der Waals surface area contributed by atoms with Gasteiger partial charge < -0.3 is 16.4 Å². The van der Waals surface area contributed by atoms with E-state index in [1.165, 1.54) is 12.1 Å². The molecule has 0 heterocycles. The van der Waals surface area contributed by atoms with Crippen LogP contribution in [0.2, 0.25) is 0 Å². The molecule has 0 fully saturated rings. The Bertz CT molecular complexity index is 452. The number of hydrogen-bond acceptors (Lipinski definition) is 2. The van der Waals surface area contributed by atoms with E-state index >= 15 is 0 Å². The van der Waals surface area contributed by atoms with E-state index < -0.39 is 23.3 Å². The summed E-state index contributed by atoms with van der Waals surface area (Å²) in [5, 5.41) is 4.79. The van der Waals surface area contributed by atoms with Crippen LogP contribution in [0.1, 0.15) is 19.4 Å². The Balaban J connectivity index is 2.65. The summed E-state index contributed by atoms with van der Waals surface area (Å²) in [6.45, 7) is 3.65. The molecule has 106 valence electrons. The summed E-state index contributed by atoms with van der Waals surface area (Å²) in [5.74, 6) is 0. The highest BCUT2D eigenvalue weighted by atomic mass is 19.4. The molecule has 0 aliphatic heterocycles. The minimum Gasteiger partial charge on any atom is -0.336 e. The number of benzene rings is 1. The minimum absolute atomic E-state index is 0.0714. The Hall–Kier alpha value is -1.76. The van der Waals surface area contributed by atoms with E-state index in [4.69, 9.17) is 5.73 Å². The molecule has 4 N–H and O–H groups in total. The standard InChI is InChI=1S/C12H16F3N3O/c1-11(2,16)7-17-10(19)18-9-5-3-4-8(6-9)12(13,14)15/h3-6H,7,16H2,1-2H3,(H2,17,18,19). The number of urea groups is 1. The molecular weight excluding hydrogens is 259 g/mol. The summed E-state index contributed by atoms with van der Waals surface area (Å²) in [5.41, 5.74) is 4.33. The third kappa shape index (κ3) is 5.60. The molecule has 1 rings (SSSR count). The lowest BCUT2D eigenvalue weighted by molar-refractivity contribution is -0.137. The van der Waals surface area contributed by atoms with E-state index in [-0.39, 0.29) is 12.2 Å². The molecule has 19 heavy (non-hydrogen) atoms. The number of carbonyl (C=O) groups excluding carboxylic acids is 1. The molecule has 0 aliphatic carbocycles. The molecule has 4 nitrogen and oxygen atoms in total. The first-order valence-corrected chi connectivity index (χ1v) is 5.59. The zero-order valence-corrected chi connectivity index (χ0v) is 10.6. The topological polar surface area (TPSA) is 67.1 Å². The Morgan fingerprint density at radius 2 is 1.95 bits per heavy atom. The van der Waals surface area contributed by atoms with Crippen LogP contribution in [0.3, 0.4) is 0 Å². The molecule has 1 aromatic carbocycles. The lowest BCUT2D eigenvalue weighted by atomic mass is 10.1. The fraction of sp³-hybridized carbons (Fsp3) is 0.417. The molecule has 0 bridgehead atoms. The highest BCUT2D eigenvalue weighted by Crippen LogP contribution is 2.30. The van der Waals surface area contributed by atoms with Gasteiger partial charge in [0.05, 0.1) is 5.56 Å². The quantitative estimate of drug-likeness (QED) is 0.793. The normalized spacial score (nSPS) is 12.1. The van der Waals surface area contributed by atoms with E-state index in [1.54, 1.807) is 13.8 Å². The van der Waals surface area contributed by atoms with E-state index in [2.05, 4.69) is 10.6 Å². The van der Waals surface area contributed by atoms with Gasteiger partial charge in [-0.2, -0.15) is 13.2 Å². The van der Waals surface area contributed by atoms with Gasteiger partial charge in [0.15, 0.2) is 0 Å². The van der Waals surface area contributed by atoms with E-state index in [1.807, 2.05) is 0 Å². The Kier molecular flexibility index (Phi) is 4.41. The molecule has 2 amide bonds. The van der Waals surface area contributed by atoms with E-state index in [9.17, 15) is 18.0 Å². The van der Waals surface area contributed by atoms with Crippen LogP contribution in [-0.4, -0.2) is 18.1 Å². The molecule has 1 aromatic rings. The van der Waals surface area contributed by atoms with Crippen molar-refractivity contribution in [2.75, 3.05) is 11.9 Å². The maximum absolute atomic E-state index is 12.5. The number of amides is 2. The van der Waals surface area contributed by atoms with Crippen molar-refractivity contribution in [2.24, 2.45) is 5.73 Å². The number of hydrogen-bond donors (Lipinski definition) is 3. The van der Waals surface area contributed by atoms with Crippen molar-refractivity contribution in [1.29, 1.82) is 0 Å². The number of alkyl halides is 3. The predicted octanol–water partition coefficient (Wildman–Crippen LogP) is 2.56. The van der Waals surface area contributed by atoms with Crippen LogP contribution < -0.4 is 16.4 Å². The van der Waals surface area contributed by atoms with Crippen molar-refractivity contribution in [3.63, 3.8) is 0 Å². The maximum atomic E-state index is 12.5. The first kappa shape index (κ1) is 15.3. The van der Waals surface area contributed by atoms with Gasteiger partial charge in [-0.3, -0.25) is 0 Å². The third-order valence-corrected chi connectivity index (χ3v) is 2.15. The summed E-state index contributed by atoms with van der Waals surface area (Å²) in [6, 6.07) is 3.81. The third-order valence-electron chi connectivity index (χ3n) is 2.15. The van der Waals surface area contributed by atoms with Crippen molar-refractivity contribution < 1.29 is 18.0 Å². The van der Waals surface area contributed by atoms with Crippen LogP contribution in [-0.2, 0) is 6.18 Å². The predicted molar refractivity (Wildman–Crippen MR) is 66.7 cm³/mol. The molecule has 0 atom stereocenters. The Morgan fingerprint density at radius 1 is 1.32 bits per heavy atom. The SMILES string of the molecule is CC(C)(N)CNC(=O)Nc1cccc(C(F)(F)F)c1. The number of carbonyl (C=O) groups is 1. The summed E-state index contributed by atoms with van der Waals surface area (Å²) in [7, 11) is 0. The lowest BCUT2D eigenvalue weighted by Gasteiger charge is -2.19. The van der Waals surface area contributed by atoms with Gasteiger partial charge >= 0.3 is 12.2 Å². The lowest BCUT2D eigenvalue weighted by Crippen LogP contribution is -2.46. The first-order valence-electron chi connectivity index (χ1n) is 5.59. The first-order chi connectivity index (χ1) is 8.58. The van der Waals surface area contributed by atoms with Gasteiger partial charge in [-0.15, -0.1) is 0 Å². The van der Waals surface area contributed by atoms with Crippen molar-refractivity contribution in [1.82, 2.24) is 5.32 Å². The largest absolute Gasteiger partial charge is 0.416 e. The van der Waals surface area contributed by atoms with Crippen LogP contribution in [0.5, 0.6) is 0 Å². The second-order valence-corrected chi connectivity index (χ2v) is 4.87. The zero-order valence-electron chi connectivity index (χ0n) is 10.6. The van der Waals surface area contributed by atoms with Crippen molar-refractivity contribution >= 4 is 11.7 Å². The monoisotopic (exact) mass is 275 g/mol. The average molecular weight is 275 g/mol. The van der Waals surface area contributed by atoms with Gasteiger partial charge in [0.2, 0.25) is 0 Å². The fourth-order valence-corrected chi connectivity index (χ4v) is 1.26. The van der Waals surface area contributed by atoms with Crippen molar-refractivity contribution in [2.45, 2.75) is 25.6 Å². The molecule has 0 saturated carbocycles. The summed E-state index contributed by atoms with van der Waals surface area (Å²) in [4.78, 5) is 11.5. The minimum atomic E-state index is -4.44. The molecule has 0 aliphatic rings. The molecule has 0 radical (unpaired) electrons. The highest BCUT2D eigenvalue weighted by Gasteiger charge is 2.30. The van der Waals surface area contributed by atoms with Crippen molar-refractivity contribution in [3.8, 4) is 0 Å². The van der Waals surface area contributed by atoms with Gasteiger partial charge in [-0.25, -0.2) is 4.79 Å². The van der Waals surface area contributed by atoms with Crippen LogP contribution >= 0.6 is 0 Å². The second kappa shape index (κ2) is 5.48. The van der Waals surface area contributed by atoms with Crippen LogP contribution in [0, 0.1) is 0 Å². The Morgan fingerprint density at radius 3 is 2.47 bits per heavy atom. The number of rotatable bonds is 3. The smallest absolute Gasteiger partial charge is 0.336 e. The zero-order chi connectivity index (χ0) is 14.7. The number of nitrogens with two attached hydrogens (primary N) is 1. The number of anilines is 1. The molecular formula is C12H16F3N3O. The van der Waals surface area contributed by atoms with Crippen LogP contribution in [0.4, 0.5) is 23.7 Å². The molecule has 7 heteroatoms. The summed E-state index contributed by atoms with van der Waals surface area (Å²) < 4.78 is 37.4. The Labute approximate surface area is 109 Å². The van der Waals surface area contributed by atoms with Crippen molar-refractivity contribution in [3.05, 3.63) is 29.8 Å². The van der Waals surface area contributed by atoms with Gasteiger partial charge in [0.25, 0.3) is 0 Å². The molecule has 0 unspecified atom stereocenters. The maximum Gasteiger partial charge on any atom is 0.416 e. The number of halogens is 3. The van der Waals surface area contributed by atoms with Crippen LogP contribution in [0.15, 0.2) is 24.3 Å². The van der Waals surface area contributed by atoms with Crippen LogP contribution in [0.25, 0.3) is 0 Å². The van der Waals surface area contributed by atoms with E-state index in [0.29, 0.717) is 0 Å². The number of nitrogens with one attached hydrogen (secondary N) is 2. The van der Waals surface area contributed by atoms with Gasteiger partial charge in [0, 0.05) is 17.8 Å². The second-order valence-electron chi connectivity index (χ2n) is 4.87. The summed E-state index contributed by atoms with van der Waals surface area (Å²) >= 11 is 0. The fourth-order valence-electron chi connectivity index (χ4n) is 1.26. The molecule has 0 saturated heterocycles. The molecule has 0 aromatic heterocycles. The highest BCUT2D eigenvalue weighted by molar-refractivity contribution is 5.89. The van der Waals surface area contributed by atoms with E-state index in [0.717, 1.165) is 12.1 Å². The van der Waals surface area contributed by atoms with Gasteiger partial charge in [-0.05, 0) is 32.0 Å². The van der Waals surface area contributed by atoms with Gasteiger partial charge in [-0.1, -0.05) is 6.07 Å². The van der Waals surface area contributed by atoms with Gasteiger partial charge in [0.1, 0.15) is 0 Å². The molecule has 0 spiro atoms.